The Morgan fingerprint density at radius 3 is 2.53 bits per heavy atom. The van der Waals surface area contributed by atoms with E-state index in [9.17, 15) is 9.59 Å². The minimum atomic E-state index is -0.711. The number of benzene rings is 2. The minimum absolute atomic E-state index is 0.134. The monoisotopic (exact) mass is 462 g/mol. The second kappa shape index (κ2) is 9.55. The standard InChI is InChI=1S/C21H20Cl2N4O2S/c1-11-6-8-13(9-7-11)26-16(28)10-30-21-25-12(2)17(20(24)29)19(27-21)14-4-3-5-15(22)18(14)23/h3-9,19H,10H2,1-2H3,(H2,24,29)(H,25,27)(H,26,28)/t19-/m0/s1. The molecule has 9 heteroatoms. The molecule has 0 spiro atoms. The number of hydrogen-bond acceptors (Lipinski definition) is 5. The van der Waals surface area contributed by atoms with Gasteiger partial charge in [0.15, 0.2) is 5.17 Å². The van der Waals surface area contributed by atoms with Crippen molar-refractivity contribution in [1.82, 2.24) is 5.32 Å². The molecule has 1 heterocycles. The Morgan fingerprint density at radius 1 is 1.17 bits per heavy atom. The summed E-state index contributed by atoms with van der Waals surface area (Å²) in [7, 11) is 0. The third-order valence-electron chi connectivity index (χ3n) is 4.44. The highest BCUT2D eigenvalue weighted by molar-refractivity contribution is 8.14. The van der Waals surface area contributed by atoms with Crippen LogP contribution >= 0.6 is 35.0 Å². The second-order valence-electron chi connectivity index (χ2n) is 6.71. The smallest absolute Gasteiger partial charge is 0.248 e. The van der Waals surface area contributed by atoms with E-state index >= 15 is 0 Å². The van der Waals surface area contributed by atoms with Gasteiger partial charge in [0, 0.05) is 16.9 Å². The van der Waals surface area contributed by atoms with Crippen LogP contribution < -0.4 is 16.4 Å². The molecule has 3 rings (SSSR count). The van der Waals surface area contributed by atoms with Gasteiger partial charge in [0.25, 0.3) is 0 Å². The Bertz CT molecular complexity index is 1050. The lowest BCUT2D eigenvalue weighted by Gasteiger charge is -2.26. The summed E-state index contributed by atoms with van der Waals surface area (Å²) in [6.45, 7) is 3.71. The number of carbonyl (C=O) groups excluding carboxylic acids is 2. The zero-order valence-corrected chi connectivity index (χ0v) is 18.7. The molecule has 1 aliphatic rings. The van der Waals surface area contributed by atoms with Crippen molar-refractivity contribution in [3.05, 3.63) is 74.9 Å². The maximum atomic E-state index is 12.3. The Labute approximate surface area is 188 Å². The van der Waals surface area contributed by atoms with Crippen LogP contribution in [0.4, 0.5) is 5.69 Å². The summed E-state index contributed by atoms with van der Waals surface area (Å²) in [4.78, 5) is 28.9. The molecule has 2 amide bonds. The Morgan fingerprint density at radius 2 is 1.87 bits per heavy atom. The Hall–Kier alpha value is -2.48. The molecule has 1 aliphatic heterocycles. The lowest BCUT2D eigenvalue weighted by Crippen LogP contribution is -2.33. The van der Waals surface area contributed by atoms with Gasteiger partial charge in [-0.3, -0.25) is 9.59 Å². The third kappa shape index (κ3) is 5.16. The molecule has 1 atom stereocenters. The van der Waals surface area contributed by atoms with Crippen molar-refractivity contribution < 1.29 is 9.59 Å². The first-order valence-corrected chi connectivity index (χ1v) is 10.8. The van der Waals surface area contributed by atoms with Crippen molar-refractivity contribution in [3.63, 3.8) is 0 Å². The maximum absolute atomic E-state index is 12.3. The van der Waals surface area contributed by atoms with E-state index in [1.807, 2.05) is 31.2 Å². The maximum Gasteiger partial charge on any atom is 0.248 e. The molecule has 4 N–H and O–H groups in total. The molecule has 0 unspecified atom stereocenters. The van der Waals surface area contributed by atoms with E-state index < -0.39 is 11.9 Å². The van der Waals surface area contributed by atoms with Crippen LogP contribution in [-0.2, 0) is 9.59 Å². The number of nitrogens with two attached hydrogens (primary N) is 1. The molecule has 0 saturated carbocycles. The first-order valence-electron chi connectivity index (χ1n) is 9.05. The number of thioether (sulfide) groups is 1. The number of aliphatic imine (C=N–C) groups is 1. The number of rotatable bonds is 5. The van der Waals surface area contributed by atoms with E-state index in [1.165, 1.54) is 11.8 Å². The topological polar surface area (TPSA) is 96.6 Å². The van der Waals surface area contributed by atoms with Crippen LogP contribution in [0.2, 0.25) is 10.0 Å². The number of amides is 2. The van der Waals surface area contributed by atoms with Gasteiger partial charge in [0.05, 0.1) is 21.4 Å². The summed E-state index contributed by atoms with van der Waals surface area (Å²) < 4.78 is 0. The molecule has 0 bridgehead atoms. The molecule has 0 radical (unpaired) electrons. The molecule has 30 heavy (non-hydrogen) atoms. The van der Waals surface area contributed by atoms with Crippen LogP contribution in [0, 0.1) is 6.92 Å². The number of allylic oxidation sites excluding steroid dienone is 1. The number of halogens is 2. The van der Waals surface area contributed by atoms with Gasteiger partial charge in [0.1, 0.15) is 6.04 Å². The number of aryl methyl sites for hydroxylation is 1. The first-order chi connectivity index (χ1) is 14.3. The van der Waals surface area contributed by atoms with Gasteiger partial charge in [-0.15, -0.1) is 0 Å². The largest absolute Gasteiger partial charge is 0.366 e. The zero-order valence-electron chi connectivity index (χ0n) is 16.3. The lowest BCUT2D eigenvalue weighted by molar-refractivity contribution is -0.115. The van der Waals surface area contributed by atoms with Crippen LogP contribution in [0.1, 0.15) is 24.1 Å². The van der Waals surface area contributed by atoms with Gasteiger partial charge in [0.2, 0.25) is 11.8 Å². The summed E-state index contributed by atoms with van der Waals surface area (Å²) in [5, 5.41) is 7.03. The van der Waals surface area contributed by atoms with Crippen molar-refractivity contribution in [1.29, 1.82) is 0 Å². The van der Waals surface area contributed by atoms with Crippen molar-refractivity contribution >= 4 is 57.6 Å². The third-order valence-corrected chi connectivity index (χ3v) is 6.16. The first kappa shape index (κ1) is 22.2. The number of primary amides is 1. The minimum Gasteiger partial charge on any atom is -0.366 e. The second-order valence-corrected chi connectivity index (χ2v) is 8.46. The number of hydrogen-bond donors (Lipinski definition) is 3. The highest BCUT2D eigenvalue weighted by Gasteiger charge is 2.30. The van der Waals surface area contributed by atoms with E-state index in [1.54, 1.807) is 25.1 Å². The van der Waals surface area contributed by atoms with Crippen LogP contribution in [0.3, 0.4) is 0 Å². The molecule has 0 saturated heterocycles. The highest BCUT2D eigenvalue weighted by Crippen LogP contribution is 2.38. The van der Waals surface area contributed by atoms with Gasteiger partial charge in [-0.25, -0.2) is 4.99 Å². The quantitative estimate of drug-likeness (QED) is 0.611. The van der Waals surface area contributed by atoms with E-state index in [4.69, 9.17) is 28.9 Å². The summed E-state index contributed by atoms with van der Waals surface area (Å²) in [6, 6.07) is 12.0. The number of amidine groups is 1. The predicted molar refractivity (Wildman–Crippen MR) is 124 cm³/mol. The molecule has 2 aromatic rings. The van der Waals surface area contributed by atoms with E-state index in [-0.39, 0.29) is 11.7 Å². The summed E-state index contributed by atoms with van der Waals surface area (Å²) >= 11 is 13.7. The average Bonchev–Trinajstić information content (AvgIpc) is 2.69. The molecule has 156 valence electrons. The SMILES string of the molecule is CC1=C(C(N)=O)[C@H](c2cccc(Cl)c2Cl)N=C(SCC(=O)Nc2ccc(C)cc2)N1. The van der Waals surface area contributed by atoms with Crippen LogP contribution in [-0.4, -0.2) is 22.7 Å². The van der Waals surface area contributed by atoms with Crippen molar-refractivity contribution in [2.24, 2.45) is 10.7 Å². The molecule has 6 nitrogen and oxygen atoms in total. The Balaban J connectivity index is 1.78. The van der Waals surface area contributed by atoms with Gasteiger partial charge in [-0.05, 0) is 32.0 Å². The van der Waals surface area contributed by atoms with Crippen molar-refractivity contribution in [2.75, 3.05) is 11.1 Å². The van der Waals surface area contributed by atoms with Gasteiger partial charge in [-0.1, -0.05) is 64.8 Å². The van der Waals surface area contributed by atoms with Crippen LogP contribution in [0.5, 0.6) is 0 Å². The van der Waals surface area contributed by atoms with Crippen molar-refractivity contribution in [3.8, 4) is 0 Å². The van der Waals surface area contributed by atoms with E-state index in [0.717, 1.165) is 11.3 Å². The zero-order chi connectivity index (χ0) is 21.8. The number of nitrogens with zero attached hydrogens (tertiary/aromatic N) is 1. The van der Waals surface area contributed by atoms with Gasteiger partial charge < -0.3 is 16.4 Å². The Kier molecular flexibility index (Phi) is 7.07. The number of carbonyl (C=O) groups is 2. The fraction of sp³-hybridized carbons (Fsp3) is 0.190. The molecule has 0 aromatic heterocycles. The van der Waals surface area contributed by atoms with Crippen LogP contribution in [0.15, 0.2) is 58.7 Å². The molecule has 0 fully saturated rings. The van der Waals surface area contributed by atoms with Gasteiger partial charge >= 0.3 is 0 Å². The predicted octanol–water partition coefficient (Wildman–Crippen LogP) is 4.43. The molecule has 0 aliphatic carbocycles. The summed E-state index contributed by atoms with van der Waals surface area (Å²) in [6.07, 6.45) is 0. The summed E-state index contributed by atoms with van der Waals surface area (Å²) in [5.74, 6) is -0.645. The van der Waals surface area contributed by atoms with Crippen LogP contribution in [0.25, 0.3) is 0 Å². The lowest BCUT2D eigenvalue weighted by atomic mass is 9.96. The molecular weight excluding hydrogens is 443 g/mol. The van der Waals surface area contributed by atoms with Crippen molar-refractivity contribution in [2.45, 2.75) is 19.9 Å². The van der Waals surface area contributed by atoms with E-state index in [2.05, 4.69) is 15.6 Å². The fourth-order valence-electron chi connectivity index (χ4n) is 2.96. The number of nitrogens with one attached hydrogen (secondary N) is 2. The number of anilines is 1. The molecular formula is C21H20Cl2N4O2S. The highest BCUT2D eigenvalue weighted by atomic mass is 35.5. The van der Waals surface area contributed by atoms with Gasteiger partial charge in [-0.2, -0.15) is 0 Å². The average molecular weight is 463 g/mol. The normalized spacial score (nSPS) is 16.0. The summed E-state index contributed by atoms with van der Waals surface area (Å²) in [5.41, 5.74) is 8.84. The molecule has 2 aromatic carbocycles. The van der Waals surface area contributed by atoms with E-state index in [0.29, 0.717) is 32.0 Å². The fourth-order valence-corrected chi connectivity index (χ4v) is 4.12.